The second-order valence-electron chi connectivity index (χ2n) is 8.02. The quantitative estimate of drug-likeness (QED) is 0.254. The third-order valence-electron chi connectivity index (χ3n) is 4.92. The van der Waals surface area contributed by atoms with Crippen LogP contribution in [0.2, 0.25) is 0 Å². The molecule has 1 aromatic carbocycles. The zero-order valence-corrected chi connectivity index (χ0v) is 22.3. The summed E-state index contributed by atoms with van der Waals surface area (Å²) < 4.78 is 32.0. The molecule has 38 heavy (non-hydrogen) atoms. The first-order chi connectivity index (χ1) is 17.9. The second-order valence-corrected chi connectivity index (χ2v) is 8.42. The lowest BCUT2D eigenvalue weighted by Gasteiger charge is -2.44. The van der Waals surface area contributed by atoms with E-state index in [0.717, 1.165) is 20.8 Å². The van der Waals surface area contributed by atoms with Crippen LogP contribution in [0.5, 0.6) is 0 Å². The van der Waals surface area contributed by atoms with E-state index >= 15 is 0 Å². The minimum Gasteiger partial charge on any atom is -0.463 e. The van der Waals surface area contributed by atoms with Crippen molar-refractivity contribution in [3.05, 3.63) is 29.8 Å². The maximum Gasteiger partial charge on any atom is 0.338 e. The van der Waals surface area contributed by atoms with Crippen LogP contribution < -0.4 is 10.6 Å². The van der Waals surface area contributed by atoms with Crippen molar-refractivity contribution in [2.45, 2.75) is 65.3 Å². The molecule has 2 rings (SSSR count). The Kier molecular flexibility index (Phi) is 11.4. The highest BCUT2D eigenvalue weighted by molar-refractivity contribution is 7.80. The lowest BCUT2D eigenvalue weighted by molar-refractivity contribution is -0.254. The Labute approximate surface area is 224 Å². The maximum atomic E-state index is 11.9. The fraction of sp³-hybridized carbons (Fsp3) is 0.500. The first-order valence-corrected chi connectivity index (χ1v) is 12.0. The smallest absolute Gasteiger partial charge is 0.338 e. The van der Waals surface area contributed by atoms with Crippen LogP contribution in [0, 0.1) is 0 Å². The molecule has 1 aromatic rings. The molecule has 0 spiro atoms. The summed E-state index contributed by atoms with van der Waals surface area (Å²) in [6.07, 6.45) is -6.29. The van der Waals surface area contributed by atoms with Crippen molar-refractivity contribution in [1.82, 2.24) is 5.32 Å². The Morgan fingerprint density at radius 2 is 1.37 bits per heavy atom. The molecule has 5 atom stereocenters. The highest BCUT2D eigenvalue weighted by Gasteiger charge is 2.52. The summed E-state index contributed by atoms with van der Waals surface area (Å²) in [6.45, 7) is 6.14. The van der Waals surface area contributed by atoms with Gasteiger partial charge in [-0.2, -0.15) is 0 Å². The van der Waals surface area contributed by atoms with Crippen molar-refractivity contribution < 1.29 is 52.4 Å². The molecule has 0 aromatic heterocycles. The van der Waals surface area contributed by atoms with Crippen molar-refractivity contribution in [1.29, 1.82) is 0 Å². The summed E-state index contributed by atoms with van der Waals surface area (Å²) in [7, 11) is 0. The van der Waals surface area contributed by atoms with Gasteiger partial charge < -0.3 is 39.1 Å². The molecule has 0 aliphatic carbocycles. The molecule has 0 radical (unpaired) electrons. The predicted molar refractivity (Wildman–Crippen MR) is 134 cm³/mol. The Morgan fingerprint density at radius 3 is 1.89 bits per heavy atom. The van der Waals surface area contributed by atoms with Gasteiger partial charge >= 0.3 is 29.8 Å². The standard InChI is InChI=1S/C24H30N2O11S/c1-6-32-23(31)16-7-9-17(10-8-16)25-24(38)26-22-21(36-15(5)30)20(35-14(4)29)19(34-13(3)28)18(37-22)11-33-12(2)27/h7-10,18-22H,6,11H2,1-5H3,(H2,25,26,38)/t18-,19+,20+,21+,22+/m0/s1. The van der Waals surface area contributed by atoms with E-state index in [1.165, 1.54) is 19.1 Å². The number of hydrogen-bond donors (Lipinski definition) is 2. The Morgan fingerprint density at radius 1 is 0.816 bits per heavy atom. The van der Waals surface area contributed by atoms with Crippen molar-refractivity contribution in [3.8, 4) is 0 Å². The number of ether oxygens (including phenoxy) is 6. The largest absolute Gasteiger partial charge is 0.463 e. The van der Waals surface area contributed by atoms with Gasteiger partial charge in [0, 0.05) is 33.4 Å². The van der Waals surface area contributed by atoms with Crippen molar-refractivity contribution in [3.63, 3.8) is 0 Å². The molecule has 13 nitrogen and oxygen atoms in total. The number of benzene rings is 1. The normalized spacial score (nSPS) is 22.3. The number of esters is 5. The number of carbonyl (C=O) groups is 5. The molecule has 208 valence electrons. The van der Waals surface area contributed by atoms with Gasteiger partial charge in [0.2, 0.25) is 0 Å². The molecule has 1 heterocycles. The van der Waals surface area contributed by atoms with Gasteiger partial charge in [0.25, 0.3) is 0 Å². The zero-order chi connectivity index (χ0) is 28.4. The minimum absolute atomic E-state index is 0.00906. The van der Waals surface area contributed by atoms with E-state index in [0.29, 0.717) is 11.3 Å². The van der Waals surface area contributed by atoms with Crippen LogP contribution in [0.4, 0.5) is 5.69 Å². The summed E-state index contributed by atoms with van der Waals surface area (Å²) in [5.74, 6) is -3.33. The molecule has 1 fully saturated rings. The monoisotopic (exact) mass is 554 g/mol. The molecule has 1 aliphatic rings. The van der Waals surface area contributed by atoms with Crippen LogP contribution >= 0.6 is 12.2 Å². The molecule has 0 bridgehead atoms. The number of nitrogens with one attached hydrogen (secondary N) is 2. The van der Waals surface area contributed by atoms with E-state index in [1.54, 1.807) is 19.1 Å². The summed E-state index contributed by atoms with van der Waals surface area (Å²) in [5.41, 5.74) is 0.844. The first kappa shape index (κ1) is 30.4. The van der Waals surface area contributed by atoms with E-state index < -0.39 is 60.5 Å². The highest BCUT2D eigenvalue weighted by Crippen LogP contribution is 2.28. The Hall–Kier alpha value is -3.78. The summed E-state index contributed by atoms with van der Waals surface area (Å²) in [6, 6.07) is 6.26. The van der Waals surface area contributed by atoms with E-state index in [2.05, 4.69) is 10.6 Å². The number of carbonyl (C=O) groups excluding carboxylic acids is 5. The van der Waals surface area contributed by atoms with Gasteiger partial charge in [0.15, 0.2) is 29.7 Å². The lowest BCUT2D eigenvalue weighted by atomic mass is 9.97. The Bertz CT molecular complexity index is 1050. The number of thiocarbonyl (C=S) groups is 1. The van der Waals surface area contributed by atoms with Crippen LogP contribution in [-0.2, 0) is 47.6 Å². The van der Waals surface area contributed by atoms with Crippen LogP contribution in [0.1, 0.15) is 45.0 Å². The number of rotatable bonds is 9. The second kappa shape index (κ2) is 14.2. The van der Waals surface area contributed by atoms with Crippen LogP contribution in [0.15, 0.2) is 24.3 Å². The third kappa shape index (κ3) is 9.27. The van der Waals surface area contributed by atoms with E-state index in [4.69, 9.17) is 40.6 Å². The van der Waals surface area contributed by atoms with Gasteiger partial charge in [0.05, 0.1) is 12.2 Å². The summed E-state index contributed by atoms with van der Waals surface area (Å²) >= 11 is 5.37. The molecule has 0 saturated carbocycles. The molecule has 14 heteroatoms. The van der Waals surface area contributed by atoms with Crippen LogP contribution in [-0.4, -0.2) is 78.8 Å². The lowest BCUT2D eigenvalue weighted by Crippen LogP contribution is -2.66. The highest BCUT2D eigenvalue weighted by atomic mass is 32.1. The van der Waals surface area contributed by atoms with Crippen LogP contribution in [0.3, 0.4) is 0 Å². The summed E-state index contributed by atoms with van der Waals surface area (Å²) in [5, 5.41) is 5.74. The first-order valence-electron chi connectivity index (χ1n) is 11.6. The maximum absolute atomic E-state index is 11.9. The van der Waals surface area contributed by atoms with E-state index in [1.807, 2.05) is 0 Å². The van der Waals surface area contributed by atoms with Gasteiger partial charge in [-0.15, -0.1) is 0 Å². The van der Waals surface area contributed by atoms with E-state index in [9.17, 15) is 24.0 Å². The average Bonchev–Trinajstić information content (AvgIpc) is 2.81. The third-order valence-corrected chi connectivity index (χ3v) is 5.14. The van der Waals surface area contributed by atoms with E-state index in [-0.39, 0.29) is 18.3 Å². The van der Waals surface area contributed by atoms with Gasteiger partial charge in [0.1, 0.15) is 12.7 Å². The van der Waals surface area contributed by atoms with Crippen molar-refractivity contribution >= 4 is 52.9 Å². The molecular formula is C24H30N2O11S. The summed E-state index contributed by atoms with van der Waals surface area (Å²) in [4.78, 5) is 58.9. The fourth-order valence-electron chi connectivity index (χ4n) is 3.55. The SMILES string of the molecule is CCOC(=O)c1ccc(NC(=S)N[C@@H]2O[C@@H](COC(C)=O)[C@@H](OC(C)=O)[C@@H](OC(C)=O)[C@H]2OC(C)=O)cc1. The van der Waals surface area contributed by atoms with Gasteiger partial charge in [-0.1, -0.05) is 0 Å². The molecule has 0 unspecified atom stereocenters. The molecule has 1 aliphatic heterocycles. The molecule has 2 N–H and O–H groups in total. The zero-order valence-electron chi connectivity index (χ0n) is 21.5. The predicted octanol–water partition coefficient (Wildman–Crippen LogP) is 1.23. The molecule has 1 saturated heterocycles. The van der Waals surface area contributed by atoms with Crippen molar-refractivity contribution in [2.24, 2.45) is 0 Å². The molecule has 0 amide bonds. The average molecular weight is 555 g/mol. The van der Waals surface area contributed by atoms with Crippen molar-refractivity contribution in [2.75, 3.05) is 18.5 Å². The van der Waals surface area contributed by atoms with Gasteiger partial charge in [-0.05, 0) is 43.4 Å². The molecular weight excluding hydrogens is 524 g/mol. The number of anilines is 1. The minimum atomic E-state index is -1.33. The number of hydrogen-bond acceptors (Lipinski definition) is 12. The van der Waals surface area contributed by atoms with Crippen LogP contribution in [0.25, 0.3) is 0 Å². The van der Waals surface area contributed by atoms with Gasteiger partial charge in [-0.3, -0.25) is 19.2 Å². The Balaban J connectivity index is 2.30. The fourth-order valence-corrected chi connectivity index (χ4v) is 3.78. The van der Waals surface area contributed by atoms with Gasteiger partial charge in [-0.25, -0.2) is 4.79 Å². The topological polar surface area (TPSA) is 165 Å².